The Labute approximate surface area is 106 Å². The number of aliphatic hydroxyl groups is 3. The molecule has 2 rings (SSSR count). The Hall–Kier alpha value is -1.14. The van der Waals surface area contributed by atoms with Crippen molar-refractivity contribution in [3.8, 4) is 0 Å². The minimum absolute atomic E-state index is 0.316. The first-order valence-corrected chi connectivity index (χ1v) is 5.98. The van der Waals surface area contributed by atoms with Crippen LogP contribution >= 0.6 is 0 Å². The summed E-state index contributed by atoms with van der Waals surface area (Å²) in [5, 5.41) is 31.5. The number of hydrogen-bond donors (Lipinski definition) is 4. The van der Waals surface area contributed by atoms with Crippen LogP contribution in [0, 0.1) is 13.8 Å². The highest BCUT2D eigenvalue weighted by Gasteiger charge is 2.42. The molecule has 1 aliphatic rings. The third kappa shape index (κ3) is 2.64. The minimum Gasteiger partial charge on any atom is -0.394 e. The van der Waals surface area contributed by atoms with E-state index in [9.17, 15) is 10.2 Å². The molecular weight excluding hydrogens is 234 g/mol. The largest absolute Gasteiger partial charge is 0.394 e. The zero-order valence-corrected chi connectivity index (χ0v) is 10.5. The van der Waals surface area contributed by atoms with E-state index in [1.54, 1.807) is 0 Å². The van der Waals surface area contributed by atoms with Crippen molar-refractivity contribution in [3.63, 3.8) is 0 Å². The van der Waals surface area contributed by atoms with Crippen LogP contribution in [0.3, 0.4) is 0 Å². The third-order valence-electron chi connectivity index (χ3n) is 3.07. The van der Waals surface area contributed by atoms with Crippen LogP contribution in [0.15, 0.2) is 18.2 Å². The Bertz CT molecular complexity index is 403. The van der Waals surface area contributed by atoms with E-state index in [0.29, 0.717) is 0 Å². The van der Waals surface area contributed by atoms with E-state index in [-0.39, 0.29) is 6.61 Å². The monoisotopic (exact) mass is 253 g/mol. The van der Waals surface area contributed by atoms with Crippen LogP contribution in [0.25, 0.3) is 0 Å². The Kier molecular flexibility index (Phi) is 3.87. The van der Waals surface area contributed by atoms with Crippen molar-refractivity contribution in [2.24, 2.45) is 0 Å². The molecule has 5 heteroatoms. The molecule has 18 heavy (non-hydrogen) atoms. The summed E-state index contributed by atoms with van der Waals surface area (Å²) in [6.07, 6.45) is -3.58. The lowest BCUT2D eigenvalue weighted by atomic mass is 10.1. The second kappa shape index (κ2) is 5.24. The smallest absolute Gasteiger partial charge is 0.157 e. The molecule has 1 saturated heterocycles. The van der Waals surface area contributed by atoms with Crippen molar-refractivity contribution in [2.75, 3.05) is 11.9 Å². The van der Waals surface area contributed by atoms with Crippen LogP contribution in [-0.4, -0.2) is 46.5 Å². The van der Waals surface area contributed by atoms with Crippen molar-refractivity contribution in [1.82, 2.24) is 0 Å². The average molecular weight is 253 g/mol. The number of aliphatic hydroxyl groups excluding tert-OH is 3. The number of nitrogens with one attached hydrogen (secondary N) is 1. The standard InChI is InChI=1S/C13H19NO4/c1-7-3-8(2)5-9(4-7)14-13-12(17)11(16)10(6-15)18-13/h3-5,10-17H,6H2,1-2H3/t10-,11-,12-,13?/m1/s1. The first-order chi connectivity index (χ1) is 8.51. The molecule has 0 saturated carbocycles. The van der Waals surface area contributed by atoms with Gasteiger partial charge in [0.1, 0.15) is 18.3 Å². The summed E-state index contributed by atoms with van der Waals surface area (Å²) in [6, 6.07) is 5.91. The summed E-state index contributed by atoms with van der Waals surface area (Å²) in [6.45, 7) is 3.65. The minimum atomic E-state index is -1.07. The molecule has 1 fully saturated rings. The quantitative estimate of drug-likeness (QED) is 0.616. The van der Waals surface area contributed by atoms with E-state index in [1.807, 2.05) is 32.0 Å². The number of rotatable bonds is 3. The normalized spacial score (nSPS) is 31.6. The number of aryl methyl sites for hydroxylation is 2. The fourth-order valence-corrected chi connectivity index (χ4v) is 2.24. The van der Waals surface area contributed by atoms with Crippen LogP contribution in [0.1, 0.15) is 11.1 Å². The molecule has 1 aromatic rings. The van der Waals surface area contributed by atoms with E-state index >= 15 is 0 Å². The van der Waals surface area contributed by atoms with E-state index in [4.69, 9.17) is 9.84 Å². The molecule has 4 N–H and O–H groups in total. The van der Waals surface area contributed by atoms with Gasteiger partial charge in [-0.25, -0.2) is 0 Å². The summed E-state index contributed by atoms with van der Waals surface area (Å²) in [7, 11) is 0. The molecule has 100 valence electrons. The summed E-state index contributed by atoms with van der Waals surface area (Å²) in [4.78, 5) is 0. The lowest BCUT2D eigenvalue weighted by Crippen LogP contribution is -2.36. The van der Waals surface area contributed by atoms with Gasteiger partial charge in [-0.15, -0.1) is 0 Å². The van der Waals surface area contributed by atoms with E-state index < -0.39 is 24.5 Å². The molecule has 0 aromatic heterocycles. The Morgan fingerprint density at radius 3 is 2.22 bits per heavy atom. The first kappa shape index (κ1) is 13.3. The van der Waals surface area contributed by atoms with Crippen molar-refractivity contribution in [3.05, 3.63) is 29.3 Å². The molecule has 0 radical (unpaired) electrons. The lowest BCUT2D eigenvalue weighted by molar-refractivity contribution is -0.0153. The lowest BCUT2D eigenvalue weighted by Gasteiger charge is -2.18. The predicted octanol–water partition coefficient (Wildman–Crippen LogP) is 0.154. The third-order valence-corrected chi connectivity index (χ3v) is 3.07. The molecule has 1 unspecified atom stereocenters. The van der Waals surface area contributed by atoms with Gasteiger partial charge in [-0.05, 0) is 37.1 Å². The van der Waals surface area contributed by atoms with Crippen LogP contribution in [-0.2, 0) is 4.74 Å². The van der Waals surface area contributed by atoms with E-state index in [1.165, 1.54) is 0 Å². The molecule has 4 atom stereocenters. The van der Waals surface area contributed by atoms with Crippen LogP contribution in [0.4, 0.5) is 5.69 Å². The van der Waals surface area contributed by atoms with Crippen LogP contribution < -0.4 is 5.32 Å². The molecule has 1 aromatic carbocycles. The summed E-state index contributed by atoms with van der Waals surface area (Å²) in [5.74, 6) is 0. The summed E-state index contributed by atoms with van der Waals surface area (Å²) >= 11 is 0. The van der Waals surface area contributed by atoms with Crippen molar-refractivity contribution >= 4 is 5.69 Å². The molecular formula is C13H19NO4. The highest BCUT2D eigenvalue weighted by atomic mass is 16.6. The predicted molar refractivity (Wildman–Crippen MR) is 67.3 cm³/mol. The number of benzene rings is 1. The fourth-order valence-electron chi connectivity index (χ4n) is 2.24. The molecule has 0 amide bonds. The van der Waals surface area contributed by atoms with Crippen molar-refractivity contribution in [1.29, 1.82) is 0 Å². The summed E-state index contributed by atoms with van der Waals surface area (Å²) in [5.41, 5.74) is 3.02. The van der Waals surface area contributed by atoms with Crippen LogP contribution in [0.2, 0.25) is 0 Å². The van der Waals surface area contributed by atoms with E-state index in [2.05, 4.69) is 5.32 Å². The Morgan fingerprint density at radius 1 is 1.11 bits per heavy atom. The van der Waals surface area contributed by atoms with Gasteiger partial charge in [-0.3, -0.25) is 0 Å². The topological polar surface area (TPSA) is 82.0 Å². The number of ether oxygens (including phenoxy) is 1. The second-order valence-electron chi connectivity index (χ2n) is 4.78. The average Bonchev–Trinajstić information content (AvgIpc) is 2.55. The highest BCUT2D eigenvalue weighted by Crippen LogP contribution is 2.24. The molecule has 0 bridgehead atoms. The molecule has 5 nitrogen and oxygen atoms in total. The SMILES string of the molecule is Cc1cc(C)cc(NC2O[C@H](CO)[C@@H](O)[C@H]2O)c1. The van der Waals surface area contributed by atoms with Gasteiger partial charge < -0.3 is 25.4 Å². The van der Waals surface area contributed by atoms with E-state index in [0.717, 1.165) is 16.8 Å². The first-order valence-electron chi connectivity index (χ1n) is 5.98. The molecule has 1 aliphatic heterocycles. The maximum absolute atomic E-state index is 9.81. The molecule has 0 aliphatic carbocycles. The van der Waals surface area contributed by atoms with Crippen LogP contribution in [0.5, 0.6) is 0 Å². The highest BCUT2D eigenvalue weighted by molar-refractivity contribution is 5.49. The second-order valence-corrected chi connectivity index (χ2v) is 4.78. The zero-order valence-electron chi connectivity index (χ0n) is 10.5. The van der Waals surface area contributed by atoms with Gasteiger partial charge in [0.25, 0.3) is 0 Å². The van der Waals surface area contributed by atoms with Gasteiger partial charge in [0.15, 0.2) is 6.23 Å². The number of anilines is 1. The maximum atomic E-state index is 9.81. The van der Waals surface area contributed by atoms with Gasteiger partial charge in [0.2, 0.25) is 0 Å². The maximum Gasteiger partial charge on any atom is 0.157 e. The van der Waals surface area contributed by atoms with Crippen molar-refractivity contribution in [2.45, 2.75) is 38.4 Å². The van der Waals surface area contributed by atoms with Gasteiger partial charge in [0, 0.05) is 5.69 Å². The van der Waals surface area contributed by atoms with Crippen molar-refractivity contribution < 1.29 is 20.1 Å². The van der Waals surface area contributed by atoms with Gasteiger partial charge in [0.05, 0.1) is 6.61 Å². The molecule has 1 heterocycles. The Balaban J connectivity index is 2.10. The summed E-state index contributed by atoms with van der Waals surface area (Å²) < 4.78 is 5.36. The molecule has 0 spiro atoms. The zero-order chi connectivity index (χ0) is 13.3. The fraction of sp³-hybridized carbons (Fsp3) is 0.538. The number of hydrogen-bond acceptors (Lipinski definition) is 5. The Morgan fingerprint density at radius 2 is 1.72 bits per heavy atom. The van der Waals surface area contributed by atoms with Gasteiger partial charge >= 0.3 is 0 Å². The van der Waals surface area contributed by atoms with Gasteiger partial charge in [-0.1, -0.05) is 6.07 Å². The van der Waals surface area contributed by atoms with Gasteiger partial charge in [-0.2, -0.15) is 0 Å².